The molecule has 2 aromatic rings. The lowest BCUT2D eigenvalue weighted by Crippen LogP contribution is -2.23. The summed E-state index contributed by atoms with van der Waals surface area (Å²) in [5.74, 6) is -0.213. The number of halogens is 1. The number of aryl methyl sites for hydroxylation is 1. The Morgan fingerprint density at radius 1 is 1.38 bits per heavy atom. The summed E-state index contributed by atoms with van der Waals surface area (Å²) in [6, 6.07) is 6.84. The maximum Gasteiger partial charge on any atom is 0.132 e. The summed E-state index contributed by atoms with van der Waals surface area (Å²) in [4.78, 5) is 0. The van der Waals surface area contributed by atoms with Crippen molar-refractivity contribution in [2.45, 2.75) is 25.9 Å². The molecule has 3 heteroatoms. The van der Waals surface area contributed by atoms with Gasteiger partial charge in [0.1, 0.15) is 5.82 Å². The predicted octanol–water partition coefficient (Wildman–Crippen LogP) is 2.63. The molecule has 86 valence electrons. The zero-order valence-corrected chi connectivity index (χ0v) is 9.79. The van der Waals surface area contributed by atoms with Gasteiger partial charge in [-0.15, -0.1) is 0 Å². The summed E-state index contributed by atoms with van der Waals surface area (Å²) in [7, 11) is 1.89. The van der Waals surface area contributed by atoms with Crippen LogP contribution in [-0.2, 0) is 13.5 Å². The summed E-state index contributed by atoms with van der Waals surface area (Å²) in [6.45, 7) is 3.50. The standard InChI is InChI=1S/C13H16FNO/c1-13(2,16)8-9-7-10-11(14)5-4-6-12(10)15(9)3/h4-7,16H,8H2,1-3H3. The van der Waals surface area contributed by atoms with E-state index in [9.17, 15) is 9.50 Å². The molecule has 16 heavy (non-hydrogen) atoms. The van der Waals surface area contributed by atoms with E-state index in [1.165, 1.54) is 6.07 Å². The quantitative estimate of drug-likeness (QED) is 0.828. The van der Waals surface area contributed by atoms with Gasteiger partial charge in [0.15, 0.2) is 0 Å². The lowest BCUT2D eigenvalue weighted by Gasteiger charge is -2.17. The van der Waals surface area contributed by atoms with Crippen LogP contribution in [0.5, 0.6) is 0 Å². The van der Waals surface area contributed by atoms with E-state index < -0.39 is 5.60 Å². The molecule has 0 fully saturated rings. The molecule has 1 N–H and O–H groups in total. The van der Waals surface area contributed by atoms with Crippen LogP contribution in [0.25, 0.3) is 10.9 Å². The van der Waals surface area contributed by atoms with Gasteiger partial charge in [0.25, 0.3) is 0 Å². The number of nitrogens with zero attached hydrogens (tertiary/aromatic N) is 1. The predicted molar refractivity (Wildman–Crippen MR) is 62.9 cm³/mol. The fourth-order valence-electron chi connectivity index (χ4n) is 1.99. The first-order valence-corrected chi connectivity index (χ1v) is 5.34. The number of benzene rings is 1. The van der Waals surface area contributed by atoms with Crippen molar-refractivity contribution in [1.29, 1.82) is 0 Å². The molecule has 1 aromatic carbocycles. The van der Waals surface area contributed by atoms with Gasteiger partial charge in [-0.3, -0.25) is 0 Å². The van der Waals surface area contributed by atoms with Crippen molar-refractivity contribution in [3.63, 3.8) is 0 Å². The van der Waals surface area contributed by atoms with Crippen LogP contribution >= 0.6 is 0 Å². The van der Waals surface area contributed by atoms with Gasteiger partial charge in [-0.1, -0.05) is 6.07 Å². The normalized spacial score (nSPS) is 12.3. The lowest BCUT2D eigenvalue weighted by molar-refractivity contribution is 0.0793. The first kappa shape index (κ1) is 11.1. The molecule has 1 aromatic heterocycles. The zero-order chi connectivity index (χ0) is 11.9. The number of aliphatic hydroxyl groups is 1. The summed E-state index contributed by atoms with van der Waals surface area (Å²) in [5, 5.41) is 10.4. The number of hydrogen-bond donors (Lipinski definition) is 1. The second-order valence-electron chi connectivity index (χ2n) is 4.86. The van der Waals surface area contributed by atoms with Crippen molar-refractivity contribution in [3.05, 3.63) is 35.8 Å². The molecule has 0 atom stereocenters. The molecule has 2 rings (SSSR count). The highest BCUT2D eigenvalue weighted by molar-refractivity contribution is 5.81. The van der Waals surface area contributed by atoms with Crippen LogP contribution < -0.4 is 0 Å². The molecule has 2 nitrogen and oxygen atoms in total. The van der Waals surface area contributed by atoms with Crippen LogP contribution in [0.15, 0.2) is 24.3 Å². The maximum absolute atomic E-state index is 13.5. The number of hydrogen-bond acceptors (Lipinski definition) is 1. The van der Waals surface area contributed by atoms with Crippen molar-refractivity contribution in [2.24, 2.45) is 7.05 Å². The van der Waals surface area contributed by atoms with Gasteiger partial charge in [-0.05, 0) is 32.0 Å². The van der Waals surface area contributed by atoms with Crippen LogP contribution in [0.3, 0.4) is 0 Å². The fourth-order valence-corrected chi connectivity index (χ4v) is 1.99. The minimum atomic E-state index is -0.779. The second-order valence-corrected chi connectivity index (χ2v) is 4.86. The summed E-state index contributed by atoms with van der Waals surface area (Å²) >= 11 is 0. The first-order chi connectivity index (χ1) is 7.38. The third-order valence-electron chi connectivity index (χ3n) is 2.75. The van der Waals surface area contributed by atoms with Gasteiger partial charge in [0.05, 0.1) is 11.1 Å². The topological polar surface area (TPSA) is 25.2 Å². The molecule has 0 bridgehead atoms. The highest BCUT2D eigenvalue weighted by atomic mass is 19.1. The number of fused-ring (bicyclic) bond motifs is 1. The van der Waals surface area contributed by atoms with Crippen LogP contribution in [0.4, 0.5) is 4.39 Å². The average molecular weight is 221 g/mol. The number of rotatable bonds is 2. The van der Waals surface area contributed by atoms with E-state index in [2.05, 4.69) is 0 Å². The van der Waals surface area contributed by atoms with Crippen LogP contribution in [-0.4, -0.2) is 15.3 Å². The van der Waals surface area contributed by atoms with Gasteiger partial charge in [0, 0.05) is 24.5 Å². The van der Waals surface area contributed by atoms with Gasteiger partial charge in [-0.25, -0.2) is 4.39 Å². The van der Waals surface area contributed by atoms with E-state index in [1.54, 1.807) is 19.9 Å². The summed E-state index contributed by atoms with van der Waals surface area (Å²) in [5.41, 5.74) is 1.02. The molecule has 0 spiro atoms. The monoisotopic (exact) mass is 221 g/mol. The fraction of sp³-hybridized carbons (Fsp3) is 0.385. The largest absolute Gasteiger partial charge is 0.390 e. The van der Waals surface area contributed by atoms with Crippen molar-refractivity contribution in [1.82, 2.24) is 4.57 Å². The molecular weight excluding hydrogens is 205 g/mol. The third-order valence-corrected chi connectivity index (χ3v) is 2.75. The zero-order valence-electron chi connectivity index (χ0n) is 9.79. The number of aromatic nitrogens is 1. The lowest BCUT2D eigenvalue weighted by atomic mass is 10.0. The minimum Gasteiger partial charge on any atom is -0.390 e. The highest BCUT2D eigenvalue weighted by Gasteiger charge is 2.17. The first-order valence-electron chi connectivity index (χ1n) is 5.34. The Balaban J connectivity index is 2.56. The molecular formula is C13H16FNO. The van der Waals surface area contributed by atoms with Crippen LogP contribution in [0.1, 0.15) is 19.5 Å². The highest BCUT2D eigenvalue weighted by Crippen LogP contribution is 2.24. The average Bonchev–Trinajstić information content (AvgIpc) is 2.44. The molecule has 0 aliphatic carbocycles. The minimum absolute atomic E-state index is 0.213. The van der Waals surface area contributed by atoms with Crippen LogP contribution in [0, 0.1) is 5.82 Å². The molecule has 0 aliphatic heterocycles. The van der Waals surface area contributed by atoms with E-state index in [-0.39, 0.29) is 5.82 Å². The molecule has 0 saturated carbocycles. The Kier molecular flexibility index (Phi) is 2.50. The third kappa shape index (κ3) is 1.95. The smallest absolute Gasteiger partial charge is 0.132 e. The Labute approximate surface area is 94.3 Å². The molecule has 1 heterocycles. The Bertz CT molecular complexity index is 522. The van der Waals surface area contributed by atoms with Crippen molar-refractivity contribution in [2.75, 3.05) is 0 Å². The molecule has 0 radical (unpaired) electrons. The molecule has 0 aliphatic rings. The van der Waals surface area contributed by atoms with Crippen molar-refractivity contribution in [3.8, 4) is 0 Å². The molecule has 0 amide bonds. The second kappa shape index (κ2) is 3.59. The van der Waals surface area contributed by atoms with Crippen molar-refractivity contribution < 1.29 is 9.50 Å². The maximum atomic E-state index is 13.5. The molecule has 0 unspecified atom stereocenters. The van der Waals surface area contributed by atoms with E-state index in [0.29, 0.717) is 11.8 Å². The van der Waals surface area contributed by atoms with Crippen molar-refractivity contribution >= 4 is 10.9 Å². The van der Waals surface area contributed by atoms with E-state index in [1.807, 2.05) is 23.7 Å². The Morgan fingerprint density at radius 2 is 2.06 bits per heavy atom. The van der Waals surface area contributed by atoms with Crippen LogP contribution in [0.2, 0.25) is 0 Å². The van der Waals surface area contributed by atoms with E-state index in [0.717, 1.165) is 11.2 Å². The van der Waals surface area contributed by atoms with E-state index >= 15 is 0 Å². The Morgan fingerprint density at radius 3 is 2.62 bits per heavy atom. The summed E-state index contributed by atoms with van der Waals surface area (Å²) in [6.07, 6.45) is 0.512. The molecule has 0 saturated heterocycles. The summed E-state index contributed by atoms with van der Waals surface area (Å²) < 4.78 is 15.5. The SMILES string of the molecule is Cn1c(CC(C)(C)O)cc2c(F)cccc21. The van der Waals surface area contributed by atoms with Gasteiger partial charge >= 0.3 is 0 Å². The Hall–Kier alpha value is -1.35. The van der Waals surface area contributed by atoms with Gasteiger partial charge < -0.3 is 9.67 Å². The van der Waals surface area contributed by atoms with Gasteiger partial charge in [0.2, 0.25) is 0 Å². The van der Waals surface area contributed by atoms with E-state index in [4.69, 9.17) is 0 Å². The van der Waals surface area contributed by atoms with Gasteiger partial charge in [-0.2, -0.15) is 0 Å².